The van der Waals surface area contributed by atoms with Crippen molar-refractivity contribution in [2.75, 3.05) is 6.54 Å². The molecule has 1 nitrogen and oxygen atoms in total. The number of aryl methyl sites for hydroxylation is 2. The molecular weight excluding hydrogens is 398 g/mol. The fraction of sp³-hybridized carbons (Fsp3) is 0.375. The molecule has 0 bridgehead atoms. The Morgan fingerprint density at radius 1 is 1.15 bits per heavy atom. The van der Waals surface area contributed by atoms with Crippen LogP contribution < -0.4 is 5.32 Å². The molecule has 1 heterocycles. The zero-order chi connectivity index (χ0) is 14.7. The summed E-state index contributed by atoms with van der Waals surface area (Å²) >= 11 is 9.12. The second kappa shape index (κ2) is 7.21. The second-order valence-corrected chi connectivity index (χ2v) is 7.95. The van der Waals surface area contributed by atoms with E-state index in [0.29, 0.717) is 0 Å². The van der Waals surface area contributed by atoms with Crippen LogP contribution in [0.25, 0.3) is 0 Å². The Bertz CT molecular complexity index is 573. The van der Waals surface area contributed by atoms with Gasteiger partial charge in [0.25, 0.3) is 0 Å². The molecule has 1 N–H and O–H groups in total. The van der Waals surface area contributed by atoms with Gasteiger partial charge in [-0.15, -0.1) is 11.3 Å². The third-order valence-electron chi connectivity index (χ3n) is 3.29. The van der Waals surface area contributed by atoms with E-state index in [0.717, 1.165) is 13.0 Å². The Labute approximate surface area is 142 Å². The Kier molecular flexibility index (Phi) is 5.84. The summed E-state index contributed by atoms with van der Waals surface area (Å²) in [5.74, 6) is 0. The summed E-state index contributed by atoms with van der Waals surface area (Å²) < 4.78 is 2.37. The summed E-state index contributed by atoms with van der Waals surface area (Å²) in [5, 5.41) is 3.66. The molecule has 1 unspecified atom stereocenters. The molecule has 2 rings (SSSR count). The highest BCUT2D eigenvalue weighted by molar-refractivity contribution is 9.10. The van der Waals surface area contributed by atoms with Crippen molar-refractivity contribution < 1.29 is 0 Å². The molecule has 1 aromatic heterocycles. The molecule has 1 atom stereocenters. The van der Waals surface area contributed by atoms with Crippen LogP contribution in [0.2, 0.25) is 0 Å². The van der Waals surface area contributed by atoms with Crippen molar-refractivity contribution in [2.24, 2.45) is 0 Å². The number of halogens is 2. The number of thiophene rings is 1. The highest BCUT2D eigenvalue weighted by atomic mass is 79.9. The average Bonchev–Trinajstić information content (AvgIpc) is 2.74. The minimum Gasteiger partial charge on any atom is -0.306 e. The molecular formula is C16H19Br2NS. The maximum Gasteiger partial charge on any atom is 0.0671 e. The lowest BCUT2D eigenvalue weighted by Gasteiger charge is -2.18. The van der Waals surface area contributed by atoms with Crippen LogP contribution in [0.1, 0.15) is 40.3 Å². The van der Waals surface area contributed by atoms with Crippen molar-refractivity contribution in [3.05, 3.63) is 54.1 Å². The minimum absolute atomic E-state index is 0.266. The van der Waals surface area contributed by atoms with Crippen LogP contribution in [0, 0.1) is 13.8 Å². The van der Waals surface area contributed by atoms with Gasteiger partial charge in [0.05, 0.1) is 6.04 Å². The summed E-state index contributed by atoms with van der Waals surface area (Å²) in [6.07, 6.45) is 1.13. The van der Waals surface area contributed by atoms with E-state index in [-0.39, 0.29) is 6.04 Å². The lowest BCUT2D eigenvalue weighted by atomic mass is 10.0. The normalized spacial score (nSPS) is 12.7. The van der Waals surface area contributed by atoms with Crippen LogP contribution >= 0.6 is 43.2 Å². The van der Waals surface area contributed by atoms with Gasteiger partial charge < -0.3 is 5.32 Å². The molecule has 108 valence electrons. The smallest absolute Gasteiger partial charge is 0.0671 e. The van der Waals surface area contributed by atoms with E-state index < -0.39 is 0 Å². The van der Waals surface area contributed by atoms with Gasteiger partial charge in [-0.2, -0.15) is 0 Å². The first-order chi connectivity index (χ1) is 9.52. The highest BCUT2D eigenvalue weighted by Crippen LogP contribution is 2.34. The predicted molar refractivity (Wildman–Crippen MR) is 95.8 cm³/mol. The topological polar surface area (TPSA) is 12.0 Å². The molecule has 0 radical (unpaired) electrons. The van der Waals surface area contributed by atoms with Crippen LogP contribution in [0.4, 0.5) is 0 Å². The van der Waals surface area contributed by atoms with Crippen molar-refractivity contribution in [3.8, 4) is 0 Å². The molecule has 0 amide bonds. The third-order valence-corrected chi connectivity index (χ3v) is 6.34. The predicted octanol–water partition coefficient (Wildman–Crippen LogP) is 5.98. The van der Waals surface area contributed by atoms with Gasteiger partial charge >= 0.3 is 0 Å². The van der Waals surface area contributed by atoms with Gasteiger partial charge in [0, 0.05) is 18.7 Å². The van der Waals surface area contributed by atoms with Gasteiger partial charge in [-0.3, -0.25) is 0 Å². The highest BCUT2D eigenvalue weighted by Gasteiger charge is 2.17. The van der Waals surface area contributed by atoms with Crippen molar-refractivity contribution in [3.63, 3.8) is 0 Å². The van der Waals surface area contributed by atoms with Gasteiger partial charge in [-0.25, -0.2) is 0 Å². The van der Waals surface area contributed by atoms with Crippen molar-refractivity contribution in [2.45, 2.75) is 33.2 Å². The zero-order valence-electron chi connectivity index (χ0n) is 12.0. The number of benzene rings is 1. The van der Waals surface area contributed by atoms with Gasteiger partial charge in [-0.1, -0.05) is 35.0 Å². The molecule has 20 heavy (non-hydrogen) atoms. The van der Waals surface area contributed by atoms with E-state index >= 15 is 0 Å². The standard InChI is InChI=1S/C16H19Br2NS/c1-4-7-19-16(15-9-14(18)11(3)20-15)12-6-5-10(2)13(17)8-12/h5-6,8-9,16,19H,4,7H2,1-3H3. The van der Waals surface area contributed by atoms with E-state index in [1.807, 2.05) is 11.3 Å². The quantitative estimate of drug-likeness (QED) is 0.632. The number of hydrogen-bond acceptors (Lipinski definition) is 2. The molecule has 0 aliphatic carbocycles. The Morgan fingerprint density at radius 3 is 2.45 bits per heavy atom. The summed E-state index contributed by atoms with van der Waals surface area (Å²) in [6.45, 7) is 7.49. The molecule has 0 saturated carbocycles. The van der Waals surface area contributed by atoms with E-state index in [2.05, 4.69) is 82.2 Å². The summed E-state index contributed by atoms with van der Waals surface area (Å²) in [6, 6.07) is 9.13. The van der Waals surface area contributed by atoms with Crippen molar-refractivity contribution in [1.29, 1.82) is 0 Å². The molecule has 0 spiro atoms. The van der Waals surface area contributed by atoms with Crippen LogP contribution in [-0.4, -0.2) is 6.54 Å². The third kappa shape index (κ3) is 3.73. The van der Waals surface area contributed by atoms with Crippen molar-refractivity contribution >= 4 is 43.2 Å². The van der Waals surface area contributed by atoms with E-state index in [1.165, 1.54) is 29.8 Å². The molecule has 0 saturated heterocycles. The van der Waals surface area contributed by atoms with E-state index in [4.69, 9.17) is 0 Å². The minimum atomic E-state index is 0.266. The second-order valence-electron chi connectivity index (χ2n) is 4.95. The molecule has 0 aliphatic heterocycles. The first kappa shape index (κ1) is 16.2. The van der Waals surface area contributed by atoms with Gasteiger partial charge in [0.1, 0.15) is 0 Å². The number of nitrogens with one attached hydrogen (secondary N) is 1. The largest absolute Gasteiger partial charge is 0.306 e. The lowest BCUT2D eigenvalue weighted by molar-refractivity contribution is 0.605. The molecule has 1 aromatic carbocycles. The molecule has 4 heteroatoms. The first-order valence-electron chi connectivity index (χ1n) is 6.78. The Hall–Kier alpha value is -0.160. The molecule has 0 fully saturated rings. The Morgan fingerprint density at radius 2 is 1.90 bits per heavy atom. The van der Waals surface area contributed by atoms with Gasteiger partial charge in [0.2, 0.25) is 0 Å². The summed E-state index contributed by atoms with van der Waals surface area (Å²) in [5.41, 5.74) is 2.58. The SMILES string of the molecule is CCCNC(c1ccc(C)c(Br)c1)c1cc(Br)c(C)s1. The number of rotatable bonds is 5. The zero-order valence-corrected chi connectivity index (χ0v) is 16.0. The molecule has 2 aromatic rings. The maximum absolute atomic E-state index is 3.66. The fourth-order valence-electron chi connectivity index (χ4n) is 2.08. The molecule has 0 aliphatic rings. The van der Waals surface area contributed by atoms with E-state index in [9.17, 15) is 0 Å². The fourth-order valence-corrected chi connectivity index (χ4v) is 4.15. The van der Waals surface area contributed by atoms with Crippen LogP contribution in [0.15, 0.2) is 33.2 Å². The van der Waals surface area contributed by atoms with Gasteiger partial charge in [0.15, 0.2) is 0 Å². The van der Waals surface area contributed by atoms with E-state index in [1.54, 1.807) is 0 Å². The van der Waals surface area contributed by atoms with Crippen LogP contribution in [0.5, 0.6) is 0 Å². The lowest BCUT2D eigenvalue weighted by Crippen LogP contribution is -2.22. The monoisotopic (exact) mass is 415 g/mol. The van der Waals surface area contributed by atoms with Crippen molar-refractivity contribution in [1.82, 2.24) is 5.32 Å². The van der Waals surface area contributed by atoms with Crippen LogP contribution in [0.3, 0.4) is 0 Å². The maximum atomic E-state index is 3.66. The first-order valence-corrected chi connectivity index (χ1v) is 9.18. The Balaban J connectivity index is 2.38. The van der Waals surface area contributed by atoms with Crippen LogP contribution in [-0.2, 0) is 0 Å². The van der Waals surface area contributed by atoms with Gasteiger partial charge in [-0.05, 0) is 66.0 Å². The number of hydrogen-bond donors (Lipinski definition) is 1. The average molecular weight is 417 g/mol. The summed E-state index contributed by atoms with van der Waals surface area (Å²) in [4.78, 5) is 2.69. The summed E-state index contributed by atoms with van der Waals surface area (Å²) in [7, 11) is 0.